The second kappa shape index (κ2) is 6.01. The first-order valence-electron chi connectivity index (χ1n) is 6.77. The van der Waals surface area contributed by atoms with E-state index in [9.17, 15) is 5.11 Å². The third-order valence-electron chi connectivity index (χ3n) is 3.75. The zero-order valence-electron chi connectivity index (χ0n) is 11.4. The molecule has 0 aromatic carbocycles. The predicted octanol–water partition coefficient (Wildman–Crippen LogP) is 4.21. The highest BCUT2D eigenvalue weighted by Crippen LogP contribution is 2.40. The first-order valence-corrected chi connectivity index (χ1v) is 10.4. The highest BCUT2D eigenvalue weighted by molar-refractivity contribution is 6.78. The van der Waals surface area contributed by atoms with Crippen LogP contribution in [-0.2, 0) is 0 Å². The lowest BCUT2D eigenvalue weighted by molar-refractivity contribution is 0.243. The molecule has 1 nitrogen and oxygen atoms in total. The maximum absolute atomic E-state index is 9.39. The number of allylic oxidation sites excluding steroid dienone is 1. The van der Waals surface area contributed by atoms with Crippen molar-refractivity contribution in [2.24, 2.45) is 5.92 Å². The molecule has 2 atom stereocenters. The fourth-order valence-electron chi connectivity index (χ4n) is 2.93. The van der Waals surface area contributed by atoms with E-state index in [0.717, 1.165) is 11.5 Å². The summed E-state index contributed by atoms with van der Waals surface area (Å²) in [7, 11) is -1.14. The van der Waals surface area contributed by atoms with Gasteiger partial charge in [0.15, 0.2) is 0 Å². The number of hydrogen-bond donors (Lipinski definition) is 1. The molecule has 1 rings (SSSR count). The summed E-state index contributed by atoms with van der Waals surface area (Å²) in [5.41, 5.74) is 0.752. The molecule has 0 aliphatic heterocycles. The second-order valence-corrected chi connectivity index (χ2v) is 11.8. The predicted molar refractivity (Wildman–Crippen MR) is 74.5 cm³/mol. The van der Waals surface area contributed by atoms with Crippen LogP contribution in [-0.4, -0.2) is 19.3 Å². The highest BCUT2D eigenvalue weighted by Gasteiger charge is 2.32. The van der Waals surface area contributed by atoms with E-state index in [1.807, 2.05) is 13.0 Å². The maximum Gasteiger partial charge on any atom is 0.0692 e. The van der Waals surface area contributed by atoms with E-state index in [-0.39, 0.29) is 6.10 Å². The van der Waals surface area contributed by atoms with Crippen LogP contribution in [0.25, 0.3) is 0 Å². The normalized spacial score (nSPS) is 23.6. The van der Waals surface area contributed by atoms with E-state index >= 15 is 0 Å². The summed E-state index contributed by atoms with van der Waals surface area (Å²) in [6, 6.07) is 0. The summed E-state index contributed by atoms with van der Waals surface area (Å²) in [5, 5.41) is 9.39. The smallest absolute Gasteiger partial charge is 0.0692 e. The summed E-state index contributed by atoms with van der Waals surface area (Å²) in [5.74, 6) is 0.885. The molecule has 0 saturated heterocycles. The highest BCUT2D eigenvalue weighted by atomic mass is 28.3. The molecule has 1 aliphatic carbocycles. The Morgan fingerprint density at radius 2 is 1.62 bits per heavy atom. The van der Waals surface area contributed by atoms with Crippen molar-refractivity contribution in [1.29, 1.82) is 0 Å². The van der Waals surface area contributed by atoms with Crippen LogP contribution >= 0.6 is 0 Å². The third-order valence-corrected chi connectivity index (χ3v) is 6.42. The van der Waals surface area contributed by atoms with Gasteiger partial charge in [-0.3, -0.25) is 0 Å². The zero-order valence-corrected chi connectivity index (χ0v) is 12.4. The van der Waals surface area contributed by atoms with Gasteiger partial charge in [0.05, 0.1) is 14.2 Å². The van der Waals surface area contributed by atoms with E-state index in [1.54, 1.807) is 0 Å². The van der Waals surface area contributed by atoms with Crippen LogP contribution in [0.3, 0.4) is 0 Å². The minimum absolute atomic E-state index is 0.289. The number of hydrogen-bond acceptors (Lipinski definition) is 1. The van der Waals surface area contributed by atoms with Crippen molar-refractivity contribution in [2.75, 3.05) is 0 Å². The first-order chi connectivity index (χ1) is 7.41. The Kier molecular flexibility index (Phi) is 5.26. The van der Waals surface area contributed by atoms with E-state index in [4.69, 9.17) is 0 Å². The van der Waals surface area contributed by atoms with Gasteiger partial charge in [0.1, 0.15) is 0 Å². The van der Waals surface area contributed by atoms with Gasteiger partial charge in [0, 0.05) is 0 Å². The van der Waals surface area contributed by atoms with E-state index in [0.29, 0.717) is 0 Å². The Labute approximate surface area is 102 Å². The molecule has 0 radical (unpaired) electrons. The van der Waals surface area contributed by atoms with Gasteiger partial charge in [-0.2, -0.15) is 0 Å². The average molecular weight is 240 g/mol. The Morgan fingerprint density at radius 3 is 2.06 bits per heavy atom. The minimum atomic E-state index is -1.14. The van der Waals surface area contributed by atoms with Gasteiger partial charge in [0.25, 0.3) is 0 Å². The Balaban J connectivity index is 2.70. The minimum Gasteiger partial charge on any atom is -0.389 e. The molecule has 0 aromatic rings. The van der Waals surface area contributed by atoms with Crippen molar-refractivity contribution >= 4 is 8.07 Å². The zero-order chi connectivity index (χ0) is 12.2. The van der Waals surface area contributed by atoms with Gasteiger partial charge in [-0.25, -0.2) is 0 Å². The second-order valence-electron chi connectivity index (χ2n) is 6.42. The van der Waals surface area contributed by atoms with E-state index in [1.165, 1.54) is 32.1 Å². The van der Waals surface area contributed by atoms with Crippen molar-refractivity contribution in [2.45, 2.75) is 70.3 Å². The van der Waals surface area contributed by atoms with Gasteiger partial charge >= 0.3 is 0 Å². The quantitative estimate of drug-likeness (QED) is 0.576. The van der Waals surface area contributed by atoms with Gasteiger partial charge in [0.2, 0.25) is 0 Å². The molecule has 0 amide bonds. The van der Waals surface area contributed by atoms with Gasteiger partial charge in [-0.1, -0.05) is 63.9 Å². The standard InChI is InChI=1S/C14H28OSi/c1-12(15)10-11-14(16(2,3)4)13-8-6-5-7-9-13/h10-15H,5-9H2,1-4H3/b11-10-/t12-,14-/m1/s1. The van der Waals surface area contributed by atoms with Crippen LogP contribution in [0.1, 0.15) is 39.0 Å². The molecule has 2 heteroatoms. The number of aliphatic hydroxyl groups excluding tert-OH is 1. The Bertz CT molecular complexity index is 221. The molecule has 1 aliphatic rings. The third kappa shape index (κ3) is 4.42. The molecule has 0 spiro atoms. The van der Waals surface area contributed by atoms with Crippen LogP contribution in [0, 0.1) is 5.92 Å². The molecule has 1 saturated carbocycles. The summed E-state index contributed by atoms with van der Waals surface area (Å²) in [4.78, 5) is 0. The summed E-state index contributed by atoms with van der Waals surface area (Å²) >= 11 is 0. The number of rotatable bonds is 4. The topological polar surface area (TPSA) is 20.2 Å². The summed E-state index contributed by atoms with van der Waals surface area (Å²) < 4.78 is 0. The van der Waals surface area contributed by atoms with E-state index in [2.05, 4.69) is 25.7 Å². The Hall–Kier alpha value is -0.0831. The molecule has 16 heavy (non-hydrogen) atoms. The largest absolute Gasteiger partial charge is 0.389 e. The maximum atomic E-state index is 9.39. The van der Waals surface area contributed by atoms with Gasteiger partial charge < -0.3 is 5.11 Å². The van der Waals surface area contributed by atoms with Crippen LogP contribution in [0.15, 0.2) is 12.2 Å². The number of aliphatic hydroxyl groups is 1. The van der Waals surface area contributed by atoms with Crippen LogP contribution in [0.5, 0.6) is 0 Å². The molecular formula is C14H28OSi. The lowest BCUT2D eigenvalue weighted by Crippen LogP contribution is -2.33. The van der Waals surface area contributed by atoms with Crippen molar-refractivity contribution in [3.63, 3.8) is 0 Å². The monoisotopic (exact) mass is 240 g/mol. The SMILES string of the molecule is C[C@@H](O)/C=C\[C@H](C1CCCCC1)[Si](C)(C)C. The molecule has 1 fully saturated rings. The lowest BCUT2D eigenvalue weighted by Gasteiger charge is -2.36. The van der Waals surface area contributed by atoms with Crippen LogP contribution < -0.4 is 0 Å². The molecule has 94 valence electrons. The fourth-order valence-corrected chi connectivity index (χ4v) is 5.36. The molecule has 0 aromatic heterocycles. The molecule has 0 heterocycles. The first kappa shape index (κ1) is 14.0. The van der Waals surface area contributed by atoms with Gasteiger partial charge in [-0.05, 0) is 18.4 Å². The lowest BCUT2D eigenvalue weighted by atomic mass is 9.86. The van der Waals surface area contributed by atoms with E-state index < -0.39 is 8.07 Å². The molecule has 0 unspecified atom stereocenters. The summed E-state index contributed by atoms with van der Waals surface area (Å²) in [6.45, 7) is 9.22. The molecule has 1 N–H and O–H groups in total. The van der Waals surface area contributed by atoms with Gasteiger partial charge in [-0.15, -0.1) is 0 Å². The Morgan fingerprint density at radius 1 is 1.06 bits per heavy atom. The summed E-state index contributed by atoms with van der Waals surface area (Å²) in [6.07, 6.45) is 11.1. The van der Waals surface area contributed by atoms with Crippen LogP contribution in [0.4, 0.5) is 0 Å². The van der Waals surface area contributed by atoms with Crippen LogP contribution in [0.2, 0.25) is 25.2 Å². The van der Waals surface area contributed by atoms with Crippen molar-refractivity contribution in [1.82, 2.24) is 0 Å². The fraction of sp³-hybridized carbons (Fsp3) is 0.857. The van der Waals surface area contributed by atoms with Crippen molar-refractivity contribution < 1.29 is 5.11 Å². The molecule has 0 bridgehead atoms. The molecular weight excluding hydrogens is 212 g/mol. The van der Waals surface area contributed by atoms with Crippen molar-refractivity contribution in [3.05, 3.63) is 12.2 Å². The average Bonchev–Trinajstić information content (AvgIpc) is 2.17. The van der Waals surface area contributed by atoms with Crippen molar-refractivity contribution in [3.8, 4) is 0 Å².